The zero-order chi connectivity index (χ0) is 21.0. The Labute approximate surface area is 174 Å². The first kappa shape index (κ1) is 21.0. The van der Waals surface area contributed by atoms with Crippen LogP contribution in [-0.2, 0) is 21.4 Å². The van der Waals surface area contributed by atoms with E-state index in [9.17, 15) is 13.2 Å². The number of hydrogen-bond donors (Lipinski definition) is 1. The molecule has 0 unspecified atom stereocenters. The summed E-state index contributed by atoms with van der Waals surface area (Å²) in [6.07, 6.45) is 1.62. The van der Waals surface area contributed by atoms with E-state index in [0.29, 0.717) is 21.9 Å². The van der Waals surface area contributed by atoms with E-state index in [4.69, 9.17) is 16.3 Å². The van der Waals surface area contributed by atoms with Crippen molar-refractivity contribution in [2.45, 2.75) is 11.4 Å². The molecule has 1 N–H and O–H groups in total. The van der Waals surface area contributed by atoms with Crippen LogP contribution in [0.25, 0.3) is 10.9 Å². The molecule has 9 heteroatoms. The molecule has 0 fully saturated rings. The van der Waals surface area contributed by atoms with Gasteiger partial charge in [-0.25, -0.2) is 12.7 Å². The quantitative estimate of drug-likeness (QED) is 0.619. The molecule has 0 bridgehead atoms. The maximum absolute atomic E-state index is 12.4. The van der Waals surface area contributed by atoms with Gasteiger partial charge in [-0.2, -0.15) is 0 Å². The Morgan fingerprint density at radius 3 is 2.66 bits per heavy atom. The molecule has 2 aromatic carbocycles. The molecular formula is C20H20ClN3O4S. The van der Waals surface area contributed by atoms with Crippen molar-refractivity contribution in [2.24, 2.45) is 0 Å². The lowest BCUT2D eigenvalue weighted by Crippen LogP contribution is -2.30. The Balaban J connectivity index is 1.68. The first-order valence-electron chi connectivity index (χ1n) is 8.74. The van der Waals surface area contributed by atoms with Gasteiger partial charge in [0.2, 0.25) is 10.0 Å². The number of amides is 1. The number of fused-ring (bicyclic) bond motifs is 1. The molecule has 3 aromatic rings. The second-order valence-corrected chi connectivity index (χ2v) is 8.93. The van der Waals surface area contributed by atoms with Gasteiger partial charge in [-0.1, -0.05) is 29.8 Å². The zero-order valence-corrected chi connectivity index (χ0v) is 17.5. The van der Waals surface area contributed by atoms with Gasteiger partial charge in [0.1, 0.15) is 11.3 Å². The van der Waals surface area contributed by atoms with Crippen molar-refractivity contribution in [3.05, 3.63) is 65.3 Å². The fraction of sp³-hybridized carbons (Fsp3) is 0.200. The normalized spacial score (nSPS) is 11.6. The van der Waals surface area contributed by atoms with Crippen LogP contribution in [0.5, 0.6) is 5.75 Å². The number of halogens is 1. The van der Waals surface area contributed by atoms with Crippen molar-refractivity contribution in [1.82, 2.24) is 14.6 Å². The van der Waals surface area contributed by atoms with Crippen LogP contribution in [0.15, 0.2) is 59.6 Å². The van der Waals surface area contributed by atoms with Crippen molar-refractivity contribution in [3.63, 3.8) is 0 Å². The third kappa shape index (κ3) is 4.67. The van der Waals surface area contributed by atoms with Gasteiger partial charge >= 0.3 is 0 Å². The molecule has 7 nitrogen and oxygen atoms in total. The third-order valence-electron chi connectivity index (χ3n) is 4.25. The second-order valence-electron chi connectivity index (χ2n) is 6.41. The first-order chi connectivity index (χ1) is 13.8. The van der Waals surface area contributed by atoms with Gasteiger partial charge in [0.05, 0.1) is 9.92 Å². The van der Waals surface area contributed by atoms with E-state index in [0.717, 1.165) is 9.69 Å². The molecule has 0 radical (unpaired) electrons. The highest BCUT2D eigenvalue weighted by atomic mass is 35.5. The molecule has 0 saturated heterocycles. The summed E-state index contributed by atoms with van der Waals surface area (Å²) < 4.78 is 31.6. The minimum Gasteiger partial charge on any atom is -0.481 e. The lowest BCUT2D eigenvalue weighted by atomic mass is 10.2. The number of carbonyl (C=O) groups excluding carboxylic acids is 1. The van der Waals surface area contributed by atoms with E-state index < -0.39 is 10.0 Å². The Morgan fingerprint density at radius 2 is 1.90 bits per heavy atom. The number of nitrogens with zero attached hydrogens (tertiary/aromatic N) is 2. The van der Waals surface area contributed by atoms with Gasteiger partial charge in [-0.05, 0) is 35.9 Å². The average molecular weight is 434 g/mol. The second kappa shape index (κ2) is 8.77. The molecule has 3 rings (SSSR count). The van der Waals surface area contributed by atoms with Crippen molar-refractivity contribution in [2.75, 3.05) is 20.7 Å². The van der Waals surface area contributed by atoms with E-state index in [1.165, 1.54) is 20.2 Å². The van der Waals surface area contributed by atoms with Gasteiger partial charge in [0.25, 0.3) is 5.91 Å². The number of hydrogen-bond acceptors (Lipinski definition) is 5. The van der Waals surface area contributed by atoms with E-state index in [2.05, 4.69) is 10.3 Å². The number of benzene rings is 2. The fourth-order valence-electron chi connectivity index (χ4n) is 2.71. The van der Waals surface area contributed by atoms with E-state index in [-0.39, 0.29) is 24.0 Å². The largest absolute Gasteiger partial charge is 0.481 e. The van der Waals surface area contributed by atoms with Crippen LogP contribution in [-0.4, -0.2) is 44.3 Å². The summed E-state index contributed by atoms with van der Waals surface area (Å²) in [5.74, 6) is 0.0526. The predicted molar refractivity (Wildman–Crippen MR) is 111 cm³/mol. The lowest BCUT2D eigenvalue weighted by Gasteiger charge is -2.15. The maximum Gasteiger partial charge on any atom is 0.258 e. The standard InChI is InChI=1S/C20H20ClN3O4S/c1-24(2)29(26,27)18-8-4-3-6-14(18)12-23-19(25)13-28-17-10-9-16(21)15-7-5-11-22-20(15)17/h3-11H,12-13H2,1-2H3,(H,23,25). The number of pyridine rings is 1. The van der Waals surface area contributed by atoms with Gasteiger partial charge in [0.15, 0.2) is 6.61 Å². The number of rotatable bonds is 7. The number of nitrogens with one attached hydrogen (secondary N) is 1. The Kier molecular flexibility index (Phi) is 6.36. The number of ether oxygens (including phenoxy) is 1. The topological polar surface area (TPSA) is 88.6 Å². The summed E-state index contributed by atoms with van der Waals surface area (Å²) in [5, 5.41) is 3.96. The van der Waals surface area contributed by atoms with Crippen LogP contribution >= 0.6 is 11.6 Å². The molecule has 0 atom stereocenters. The lowest BCUT2D eigenvalue weighted by molar-refractivity contribution is -0.123. The smallest absolute Gasteiger partial charge is 0.258 e. The molecule has 1 heterocycles. The highest BCUT2D eigenvalue weighted by molar-refractivity contribution is 7.89. The number of carbonyl (C=O) groups is 1. The van der Waals surface area contributed by atoms with Gasteiger partial charge in [-0.3, -0.25) is 9.78 Å². The van der Waals surface area contributed by atoms with Crippen molar-refractivity contribution >= 4 is 38.4 Å². The van der Waals surface area contributed by atoms with Crippen LogP contribution in [0, 0.1) is 0 Å². The van der Waals surface area contributed by atoms with Crippen molar-refractivity contribution in [1.29, 1.82) is 0 Å². The van der Waals surface area contributed by atoms with Crippen LogP contribution < -0.4 is 10.1 Å². The molecule has 1 amide bonds. The highest BCUT2D eigenvalue weighted by Crippen LogP contribution is 2.29. The van der Waals surface area contributed by atoms with E-state index in [1.54, 1.807) is 42.6 Å². The van der Waals surface area contributed by atoms with Gasteiger partial charge in [-0.15, -0.1) is 0 Å². The Morgan fingerprint density at radius 1 is 1.14 bits per heavy atom. The van der Waals surface area contributed by atoms with Crippen LogP contribution in [0.4, 0.5) is 0 Å². The molecule has 1 aromatic heterocycles. The van der Waals surface area contributed by atoms with Crippen LogP contribution in [0.1, 0.15) is 5.56 Å². The summed E-state index contributed by atoms with van der Waals surface area (Å²) in [7, 11) is -0.686. The van der Waals surface area contributed by atoms with Gasteiger partial charge < -0.3 is 10.1 Å². The van der Waals surface area contributed by atoms with E-state index in [1.807, 2.05) is 6.07 Å². The average Bonchev–Trinajstić information content (AvgIpc) is 2.72. The number of sulfonamides is 1. The van der Waals surface area contributed by atoms with Crippen LogP contribution in [0.2, 0.25) is 5.02 Å². The summed E-state index contributed by atoms with van der Waals surface area (Å²) in [5.41, 5.74) is 1.06. The summed E-state index contributed by atoms with van der Waals surface area (Å²) in [6.45, 7) is -0.180. The van der Waals surface area contributed by atoms with Crippen molar-refractivity contribution < 1.29 is 17.9 Å². The van der Waals surface area contributed by atoms with Gasteiger partial charge in [0, 0.05) is 32.2 Å². The fourth-order valence-corrected chi connectivity index (χ4v) is 4.05. The molecule has 0 aliphatic heterocycles. The molecule has 0 spiro atoms. The molecular weight excluding hydrogens is 414 g/mol. The minimum absolute atomic E-state index is 0.0606. The first-order valence-corrected chi connectivity index (χ1v) is 10.6. The summed E-state index contributed by atoms with van der Waals surface area (Å²) in [6, 6.07) is 13.5. The summed E-state index contributed by atoms with van der Waals surface area (Å²) in [4.78, 5) is 16.7. The van der Waals surface area contributed by atoms with E-state index >= 15 is 0 Å². The molecule has 0 aliphatic rings. The van der Waals surface area contributed by atoms with Crippen molar-refractivity contribution in [3.8, 4) is 5.75 Å². The predicted octanol–water partition coefficient (Wildman–Crippen LogP) is 2.83. The SMILES string of the molecule is CN(C)S(=O)(=O)c1ccccc1CNC(=O)COc1ccc(Cl)c2cccnc12. The monoisotopic (exact) mass is 433 g/mol. The molecule has 0 saturated carbocycles. The zero-order valence-electron chi connectivity index (χ0n) is 15.9. The molecule has 152 valence electrons. The molecule has 29 heavy (non-hydrogen) atoms. The van der Waals surface area contributed by atoms with Crippen LogP contribution in [0.3, 0.4) is 0 Å². The number of aromatic nitrogens is 1. The highest BCUT2D eigenvalue weighted by Gasteiger charge is 2.20. The third-order valence-corrected chi connectivity index (χ3v) is 6.49. The minimum atomic E-state index is -3.61. The maximum atomic E-state index is 12.4. The summed E-state index contributed by atoms with van der Waals surface area (Å²) >= 11 is 6.16. The molecule has 0 aliphatic carbocycles. The Bertz CT molecular complexity index is 1150. The Hall–Kier alpha value is -2.68.